The summed E-state index contributed by atoms with van der Waals surface area (Å²) in [5.74, 6) is 0. The maximum atomic E-state index is 6.25. The molecule has 0 aliphatic heterocycles. The van der Waals surface area contributed by atoms with Gasteiger partial charge in [0.25, 0.3) is 0 Å². The van der Waals surface area contributed by atoms with Gasteiger partial charge in [-0.1, -0.05) is 6.92 Å². The number of hydrogen-bond acceptors (Lipinski definition) is 2. The van der Waals surface area contributed by atoms with Crippen molar-refractivity contribution < 1.29 is 0 Å². The predicted molar refractivity (Wildman–Crippen MR) is 81.8 cm³/mol. The summed E-state index contributed by atoms with van der Waals surface area (Å²) >= 11 is 1.88. The first-order valence-electron chi connectivity index (χ1n) is 7.20. The van der Waals surface area contributed by atoms with Crippen LogP contribution < -0.4 is 5.73 Å². The molecule has 1 aliphatic rings. The summed E-state index contributed by atoms with van der Waals surface area (Å²) in [5, 5.41) is 2.21. The Hall–Kier alpha value is -1.06. The first kappa shape index (κ1) is 12.9. The first-order valence-corrected chi connectivity index (χ1v) is 8.08. The fourth-order valence-electron chi connectivity index (χ4n) is 3.18. The van der Waals surface area contributed by atoms with Gasteiger partial charge in [0.15, 0.2) is 0 Å². The average Bonchev–Trinajstić information content (AvgIpc) is 2.97. The molecule has 19 heavy (non-hydrogen) atoms. The van der Waals surface area contributed by atoms with Crippen molar-refractivity contribution >= 4 is 11.3 Å². The molecule has 102 valence electrons. The average molecular weight is 274 g/mol. The SMILES string of the molecule is CCc1ccsc1Cn1c(C)cc2c1CCCC2N. The van der Waals surface area contributed by atoms with Crippen LogP contribution in [0.15, 0.2) is 17.5 Å². The van der Waals surface area contributed by atoms with Crippen LogP contribution in [0, 0.1) is 6.92 Å². The lowest BCUT2D eigenvalue weighted by atomic mass is 9.93. The third kappa shape index (κ3) is 2.26. The van der Waals surface area contributed by atoms with Crippen molar-refractivity contribution in [1.29, 1.82) is 0 Å². The number of aryl methyl sites for hydroxylation is 2. The minimum absolute atomic E-state index is 0.248. The summed E-state index contributed by atoms with van der Waals surface area (Å²) in [6.07, 6.45) is 4.67. The van der Waals surface area contributed by atoms with Gasteiger partial charge in [0.1, 0.15) is 0 Å². The topological polar surface area (TPSA) is 30.9 Å². The predicted octanol–water partition coefficient (Wildman–Crippen LogP) is 3.80. The molecule has 1 atom stereocenters. The van der Waals surface area contributed by atoms with Crippen LogP contribution in [0.5, 0.6) is 0 Å². The van der Waals surface area contributed by atoms with Gasteiger partial charge >= 0.3 is 0 Å². The van der Waals surface area contributed by atoms with Crippen molar-refractivity contribution in [2.24, 2.45) is 5.73 Å². The van der Waals surface area contributed by atoms with Crippen molar-refractivity contribution in [3.63, 3.8) is 0 Å². The third-order valence-corrected chi connectivity index (χ3v) is 5.25. The molecular weight excluding hydrogens is 252 g/mol. The highest BCUT2D eigenvalue weighted by Crippen LogP contribution is 2.32. The smallest absolute Gasteiger partial charge is 0.0571 e. The van der Waals surface area contributed by atoms with Crippen LogP contribution in [-0.4, -0.2) is 4.57 Å². The van der Waals surface area contributed by atoms with E-state index in [0.29, 0.717) is 0 Å². The molecule has 1 aliphatic carbocycles. The largest absolute Gasteiger partial charge is 0.343 e. The van der Waals surface area contributed by atoms with Crippen LogP contribution in [0.1, 0.15) is 53.2 Å². The lowest BCUT2D eigenvalue weighted by Crippen LogP contribution is -2.18. The number of fused-ring (bicyclic) bond motifs is 1. The van der Waals surface area contributed by atoms with E-state index in [9.17, 15) is 0 Å². The van der Waals surface area contributed by atoms with E-state index in [1.54, 1.807) is 0 Å². The lowest BCUT2D eigenvalue weighted by Gasteiger charge is -2.21. The van der Waals surface area contributed by atoms with Gasteiger partial charge in [-0.05, 0) is 61.2 Å². The molecule has 2 aromatic rings. The molecule has 2 heterocycles. The number of rotatable bonds is 3. The Balaban J connectivity index is 1.97. The van der Waals surface area contributed by atoms with Crippen LogP contribution in [0.2, 0.25) is 0 Å². The Kier molecular flexibility index (Phi) is 3.50. The molecule has 0 saturated carbocycles. The number of hydrogen-bond donors (Lipinski definition) is 1. The summed E-state index contributed by atoms with van der Waals surface area (Å²) in [6.45, 7) is 5.47. The second-order valence-electron chi connectivity index (χ2n) is 5.50. The molecule has 3 heteroatoms. The van der Waals surface area contributed by atoms with Crippen molar-refractivity contribution in [2.75, 3.05) is 0 Å². The van der Waals surface area contributed by atoms with Gasteiger partial charge in [-0.2, -0.15) is 0 Å². The third-order valence-electron chi connectivity index (χ3n) is 4.30. The minimum atomic E-state index is 0.248. The number of nitrogens with zero attached hydrogens (tertiary/aromatic N) is 1. The second kappa shape index (κ2) is 5.14. The molecule has 2 nitrogen and oxygen atoms in total. The van der Waals surface area contributed by atoms with Crippen LogP contribution in [0.25, 0.3) is 0 Å². The molecule has 0 saturated heterocycles. The molecule has 0 bridgehead atoms. The van der Waals surface area contributed by atoms with Crippen LogP contribution >= 0.6 is 11.3 Å². The summed E-state index contributed by atoms with van der Waals surface area (Å²) in [4.78, 5) is 1.50. The zero-order chi connectivity index (χ0) is 13.4. The van der Waals surface area contributed by atoms with Crippen molar-refractivity contribution in [3.8, 4) is 0 Å². The normalized spacial score (nSPS) is 18.6. The molecule has 0 radical (unpaired) electrons. The maximum absolute atomic E-state index is 6.25. The van der Waals surface area contributed by atoms with E-state index in [1.807, 2.05) is 11.3 Å². The van der Waals surface area contributed by atoms with Crippen molar-refractivity contribution in [3.05, 3.63) is 44.9 Å². The molecule has 2 aromatic heterocycles. The molecule has 1 unspecified atom stereocenters. The number of nitrogens with two attached hydrogens (primary N) is 1. The summed E-state index contributed by atoms with van der Waals surface area (Å²) in [5.41, 5.74) is 12.0. The number of aromatic nitrogens is 1. The minimum Gasteiger partial charge on any atom is -0.343 e. The quantitative estimate of drug-likeness (QED) is 0.906. The van der Waals surface area contributed by atoms with Gasteiger partial charge in [-0.3, -0.25) is 0 Å². The zero-order valence-corrected chi connectivity index (χ0v) is 12.6. The van der Waals surface area contributed by atoms with E-state index in [1.165, 1.54) is 40.2 Å². The maximum Gasteiger partial charge on any atom is 0.0571 e. The molecule has 0 amide bonds. The fraction of sp³-hybridized carbons (Fsp3) is 0.500. The van der Waals surface area contributed by atoms with Gasteiger partial charge < -0.3 is 10.3 Å². The molecule has 2 N–H and O–H groups in total. The van der Waals surface area contributed by atoms with E-state index < -0.39 is 0 Å². The molecule has 0 aromatic carbocycles. The van der Waals surface area contributed by atoms with E-state index in [4.69, 9.17) is 5.73 Å². The molecule has 0 spiro atoms. The first-order chi connectivity index (χ1) is 9.20. The van der Waals surface area contributed by atoms with Gasteiger partial charge in [0, 0.05) is 22.3 Å². The highest BCUT2D eigenvalue weighted by atomic mass is 32.1. The van der Waals surface area contributed by atoms with Gasteiger partial charge in [-0.25, -0.2) is 0 Å². The molecular formula is C16H22N2S. The Morgan fingerprint density at radius 3 is 3.11 bits per heavy atom. The van der Waals surface area contributed by atoms with Gasteiger partial charge in [-0.15, -0.1) is 11.3 Å². The van der Waals surface area contributed by atoms with E-state index in [2.05, 4.69) is 35.9 Å². The van der Waals surface area contributed by atoms with Crippen LogP contribution in [0.3, 0.4) is 0 Å². The highest BCUT2D eigenvalue weighted by Gasteiger charge is 2.22. The summed E-state index contributed by atoms with van der Waals surface area (Å²) in [6, 6.07) is 4.81. The Morgan fingerprint density at radius 2 is 2.32 bits per heavy atom. The van der Waals surface area contributed by atoms with Crippen molar-refractivity contribution in [2.45, 2.75) is 52.1 Å². The Bertz CT molecular complexity index is 580. The van der Waals surface area contributed by atoms with Gasteiger partial charge in [0.05, 0.1) is 6.54 Å². The Labute approximate surface area is 119 Å². The monoisotopic (exact) mass is 274 g/mol. The molecule has 3 rings (SSSR count). The van der Waals surface area contributed by atoms with E-state index >= 15 is 0 Å². The van der Waals surface area contributed by atoms with Crippen LogP contribution in [0.4, 0.5) is 0 Å². The Morgan fingerprint density at radius 1 is 1.47 bits per heavy atom. The van der Waals surface area contributed by atoms with Crippen molar-refractivity contribution in [1.82, 2.24) is 4.57 Å². The standard InChI is InChI=1S/C16H22N2S/c1-3-12-7-8-19-16(12)10-18-11(2)9-13-14(17)5-4-6-15(13)18/h7-9,14H,3-6,10,17H2,1-2H3. The summed E-state index contributed by atoms with van der Waals surface area (Å²) < 4.78 is 2.49. The lowest BCUT2D eigenvalue weighted by molar-refractivity contribution is 0.547. The van der Waals surface area contributed by atoms with E-state index in [0.717, 1.165) is 19.4 Å². The second-order valence-corrected chi connectivity index (χ2v) is 6.50. The summed E-state index contributed by atoms with van der Waals surface area (Å²) in [7, 11) is 0. The number of thiophene rings is 1. The fourth-order valence-corrected chi connectivity index (χ4v) is 4.15. The zero-order valence-electron chi connectivity index (χ0n) is 11.8. The van der Waals surface area contributed by atoms with E-state index in [-0.39, 0.29) is 6.04 Å². The van der Waals surface area contributed by atoms with Crippen LogP contribution in [-0.2, 0) is 19.4 Å². The van der Waals surface area contributed by atoms with Gasteiger partial charge in [0.2, 0.25) is 0 Å². The highest BCUT2D eigenvalue weighted by molar-refractivity contribution is 7.10. The molecule has 0 fully saturated rings.